The number of hydrogen-bond donors (Lipinski definition) is 1. The van der Waals surface area contributed by atoms with Gasteiger partial charge in [-0.2, -0.15) is 4.98 Å². The first-order valence-corrected chi connectivity index (χ1v) is 16.4. The lowest BCUT2D eigenvalue weighted by Crippen LogP contribution is -2.47. The van der Waals surface area contributed by atoms with Gasteiger partial charge in [0.25, 0.3) is 0 Å². The summed E-state index contributed by atoms with van der Waals surface area (Å²) in [6.45, 7) is 13.5. The van der Waals surface area contributed by atoms with Crippen LogP contribution in [0.3, 0.4) is 0 Å². The molecule has 4 rings (SSSR count). The molecule has 1 amide bonds. The minimum absolute atomic E-state index is 0.199. The van der Waals surface area contributed by atoms with E-state index in [4.69, 9.17) is 14.2 Å². The number of unbranched alkanes of at least 4 members (excludes halogenated alkanes) is 1. The van der Waals surface area contributed by atoms with Crippen molar-refractivity contribution in [1.29, 1.82) is 0 Å². The van der Waals surface area contributed by atoms with E-state index >= 15 is 0 Å². The number of piperazine rings is 1. The number of hydrogen-bond acceptors (Lipinski definition) is 9. The standard InChI is InChI=1S/C35H49FN6O4/c1-5-16-40-17-19-41(20-18-40)21-23-45-32-13-12-29(25-31(32)36)38-34-37-15-14-33(39-34)42(26-28-10-8-11-30(24-28)44-4)35(43)46-22-7-6-9-27(2)3/h8,10-15,24-25,27H,5-7,9,16-23,26H2,1-4H3,(H,37,38,39). The average molecular weight is 637 g/mol. The Bertz CT molecular complexity index is 1370. The van der Waals surface area contributed by atoms with E-state index in [1.54, 1.807) is 31.5 Å². The van der Waals surface area contributed by atoms with E-state index in [9.17, 15) is 9.18 Å². The molecule has 0 aliphatic carbocycles. The lowest BCUT2D eigenvalue weighted by molar-refractivity contribution is 0.116. The number of ether oxygens (including phenoxy) is 3. The Kier molecular flexibility index (Phi) is 13.8. The van der Waals surface area contributed by atoms with Gasteiger partial charge in [0.05, 0.1) is 20.3 Å². The fraction of sp³-hybridized carbons (Fsp3) is 0.514. The Morgan fingerprint density at radius 3 is 2.52 bits per heavy atom. The highest BCUT2D eigenvalue weighted by Gasteiger charge is 2.21. The number of nitrogens with zero attached hydrogens (tertiary/aromatic N) is 5. The third-order valence-electron chi connectivity index (χ3n) is 7.87. The molecular weight excluding hydrogens is 587 g/mol. The molecule has 0 saturated carbocycles. The number of halogens is 1. The number of methoxy groups -OCH3 is 1. The summed E-state index contributed by atoms with van der Waals surface area (Å²) in [5, 5.41) is 3.05. The lowest BCUT2D eigenvalue weighted by Gasteiger charge is -2.34. The van der Waals surface area contributed by atoms with E-state index in [0.29, 0.717) is 36.4 Å². The van der Waals surface area contributed by atoms with Crippen LogP contribution in [0, 0.1) is 11.7 Å². The van der Waals surface area contributed by atoms with E-state index in [2.05, 4.69) is 45.9 Å². The van der Waals surface area contributed by atoms with Gasteiger partial charge in [0.2, 0.25) is 5.95 Å². The van der Waals surface area contributed by atoms with Crippen LogP contribution in [-0.2, 0) is 11.3 Å². The van der Waals surface area contributed by atoms with Crippen molar-refractivity contribution in [1.82, 2.24) is 19.8 Å². The molecule has 1 fully saturated rings. The number of carbonyl (C=O) groups is 1. The molecule has 2 aromatic carbocycles. The van der Waals surface area contributed by atoms with Gasteiger partial charge < -0.3 is 24.4 Å². The zero-order valence-electron chi connectivity index (χ0n) is 27.7. The highest BCUT2D eigenvalue weighted by atomic mass is 19.1. The number of nitrogens with one attached hydrogen (secondary N) is 1. The zero-order chi connectivity index (χ0) is 32.7. The van der Waals surface area contributed by atoms with Crippen LogP contribution in [0.25, 0.3) is 0 Å². The highest BCUT2D eigenvalue weighted by Crippen LogP contribution is 2.25. The molecule has 1 saturated heterocycles. The van der Waals surface area contributed by atoms with E-state index in [1.807, 2.05) is 24.3 Å². The number of aromatic nitrogens is 2. The molecule has 0 atom stereocenters. The van der Waals surface area contributed by atoms with Crippen molar-refractivity contribution in [2.75, 3.05) is 69.8 Å². The lowest BCUT2D eigenvalue weighted by atomic mass is 10.1. The fourth-order valence-corrected chi connectivity index (χ4v) is 5.31. The van der Waals surface area contributed by atoms with Crippen LogP contribution >= 0.6 is 0 Å². The Labute approximate surface area is 272 Å². The maximum Gasteiger partial charge on any atom is 0.415 e. The van der Waals surface area contributed by atoms with Crippen molar-refractivity contribution in [3.05, 3.63) is 66.1 Å². The van der Waals surface area contributed by atoms with E-state index in [1.165, 1.54) is 17.4 Å². The maximum atomic E-state index is 15.0. The van der Waals surface area contributed by atoms with Crippen LogP contribution in [0.4, 0.5) is 26.6 Å². The van der Waals surface area contributed by atoms with Crippen molar-refractivity contribution in [3.8, 4) is 11.5 Å². The molecule has 10 nitrogen and oxygen atoms in total. The molecule has 2 heterocycles. The van der Waals surface area contributed by atoms with Crippen LogP contribution in [0.5, 0.6) is 11.5 Å². The van der Waals surface area contributed by atoms with Gasteiger partial charge in [-0.05, 0) is 67.6 Å². The summed E-state index contributed by atoms with van der Waals surface area (Å²) in [6, 6.07) is 13.8. The van der Waals surface area contributed by atoms with Gasteiger partial charge >= 0.3 is 6.09 Å². The summed E-state index contributed by atoms with van der Waals surface area (Å²) in [4.78, 5) is 28.5. The monoisotopic (exact) mass is 636 g/mol. The molecule has 46 heavy (non-hydrogen) atoms. The van der Waals surface area contributed by atoms with E-state index in [0.717, 1.165) is 64.1 Å². The molecule has 0 bridgehead atoms. The number of amides is 1. The molecule has 0 radical (unpaired) electrons. The summed E-state index contributed by atoms with van der Waals surface area (Å²) in [5.41, 5.74) is 1.31. The second-order valence-corrected chi connectivity index (χ2v) is 12.0. The van der Waals surface area contributed by atoms with E-state index in [-0.39, 0.29) is 18.2 Å². The number of rotatable bonds is 17. The molecule has 250 valence electrons. The Morgan fingerprint density at radius 2 is 1.80 bits per heavy atom. The largest absolute Gasteiger partial charge is 0.497 e. The third-order valence-corrected chi connectivity index (χ3v) is 7.87. The van der Waals surface area contributed by atoms with Crippen molar-refractivity contribution >= 4 is 23.5 Å². The summed E-state index contributed by atoms with van der Waals surface area (Å²) in [5.74, 6) is 1.58. The first kappa shape index (κ1) is 34.9. The predicted molar refractivity (Wildman–Crippen MR) is 180 cm³/mol. The number of benzene rings is 2. The van der Waals surface area contributed by atoms with Crippen molar-refractivity contribution < 1.29 is 23.4 Å². The second-order valence-electron chi connectivity index (χ2n) is 12.0. The summed E-state index contributed by atoms with van der Waals surface area (Å²) < 4.78 is 31.8. The fourth-order valence-electron chi connectivity index (χ4n) is 5.31. The zero-order valence-corrected chi connectivity index (χ0v) is 27.7. The van der Waals surface area contributed by atoms with Crippen LogP contribution in [-0.4, -0.2) is 85.5 Å². The third kappa shape index (κ3) is 11.1. The van der Waals surface area contributed by atoms with Gasteiger partial charge in [-0.25, -0.2) is 14.2 Å². The molecule has 11 heteroatoms. The molecule has 1 aliphatic heterocycles. The Balaban J connectivity index is 1.38. The van der Waals surface area contributed by atoms with Crippen LogP contribution in [0.2, 0.25) is 0 Å². The first-order valence-electron chi connectivity index (χ1n) is 16.4. The van der Waals surface area contributed by atoms with E-state index < -0.39 is 11.9 Å². The molecule has 1 N–H and O–H groups in total. The normalized spacial score (nSPS) is 13.9. The van der Waals surface area contributed by atoms with Gasteiger partial charge in [0.1, 0.15) is 18.2 Å². The van der Waals surface area contributed by atoms with Gasteiger partial charge in [0.15, 0.2) is 11.6 Å². The number of carbonyl (C=O) groups excluding carboxylic acids is 1. The Hall–Kier alpha value is -3.96. The summed E-state index contributed by atoms with van der Waals surface area (Å²) in [7, 11) is 1.60. The van der Waals surface area contributed by atoms with Crippen molar-refractivity contribution in [2.45, 2.75) is 53.0 Å². The molecular formula is C35H49FN6O4. The van der Waals surface area contributed by atoms with Crippen LogP contribution in [0.1, 0.15) is 52.0 Å². The minimum atomic E-state index is -0.507. The minimum Gasteiger partial charge on any atom is -0.497 e. The van der Waals surface area contributed by atoms with Gasteiger partial charge in [-0.1, -0.05) is 39.3 Å². The molecule has 3 aromatic rings. The van der Waals surface area contributed by atoms with Gasteiger partial charge in [0, 0.05) is 50.7 Å². The highest BCUT2D eigenvalue weighted by molar-refractivity contribution is 5.86. The average Bonchev–Trinajstić information content (AvgIpc) is 3.05. The van der Waals surface area contributed by atoms with Gasteiger partial charge in [-0.15, -0.1) is 0 Å². The SMILES string of the molecule is CCCN1CCN(CCOc2ccc(Nc3nccc(N(Cc4cccc(OC)c4)C(=O)OCCCCC(C)C)n3)cc2F)CC1. The molecule has 1 aromatic heterocycles. The topological polar surface area (TPSA) is 92.3 Å². The molecule has 0 unspecified atom stereocenters. The first-order chi connectivity index (χ1) is 22.3. The quantitative estimate of drug-likeness (QED) is 0.162. The van der Waals surface area contributed by atoms with Crippen molar-refractivity contribution in [3.63, 3.8) is 0 Å². The maximum absolute atomic E-state index is 15.0. The summed E-state index contributed by atoms with van der Waals surface area (Å²) >= 11 is 0. The molecule has 1 aliphatic rings. The van der Waals surface area contributed by atoms with Crippen LogP contribution in [0.15, 0.2) is 54.7 Å². The predicted octanol–water partition coefficient (Wildman–Crippen LogP) is 6.74. The van der Waals surface area contributed by atoms with Crippen LogP contribution < -0.4 is 19.7 Å². The summed E-state index contributed by atoms with van der Waals surface area (Å²) in [6.07, 6.45) is 5.06. The van der Waals surface area contributed by atoms with Gasteiger partial charge in [-0.3, -0.25) is 9.80 Å². The number of anilines is 3. The molecule has 0 spiro atoms. The Morgan fingerprint density at radius 1 is 1.02 bits per heavy atom. The smallest absolute Gasteiger partial charge is 0.415 e. The van der Waals surface area contributed by atoms with Crippen molar-refractivity contribution in [2.24, 2.45) is 5.92 Å². The second kappa shape index (κ2) is 18.3.